The topological polar surface area (TPSA) is 67.9 Å². The number of anilines is 1. The van der Waals surface area contributed by atoms with Crippen molar-refractivity contribution >= 4 is 68.4 Å². The van der Waals surface area contributed by atoms with E-state index in [0.29, 0.717) is 45.5 Å². The second-order valence-corrected chi connectivity index (χ2v) is 7.81. The van der Waals surface area contributed by atoms with Crippen molar-refractivity contribution < 1.29 is 19.1 Å². The minimum atomic E-state index is -0.571. The van der Waals surface area contributed by atoms with Gasteiger partial charge < -0.3 is 9.47 Å². The molecule has 0 spiro atoms. The zero-order chi connectivity index (χ0) is 21.8. The van der Waals surface area contributed by atoms with Gasteiger partial charge >= 0.3 is 0 Å². The molecule has 6 nitrogen and oxygen atoms in total. The summed E-state index contributed by atoms with van der Waals surface area (Å²) in [4.78, 5) is 26.9. The van der Waals surface area contributed by atoms with E-state index in [9.17, 15) is 9.59 Å². The van der Waals surface area contributed by atoms with Crippen LogP contribution < -0.4 is 19.7 Å². The number of hydrogen-bond acceptors (Lipinski definition) is 5. The van der Waals surface area contributed by atoms with Gasteiger partial charge in [-0.05, 0) is 90.0 Å². The fraction of sp³-hybridized carbons (Fsp3) is 0.190. The zero-order valence-electron chi connectivity index (χ0n) is 16.2. The molecule has 156 valence electrons. The van der Waals surface area contributed by atoms with Crippen LogP contribution in [0.15, 0.2) is 46.4 Å². The van der Waals surface area contributed by atoms with Gasteiger partial charge in [0.1, 0.15) is 5.57 Å². The average Bonchev–Trinajstić information content (AvgIpc) is 2.69. The predicted octanol–water partition coefficient (Wildman–Crippen LogP) is 4.73. The maximum Gasteiger partial charge on any atom is 0.270 e. The molecular formula is C21H18BrClN2O4S. The van der Waals surface area contributed by atoms with E-state index in [4.69, 9.17) is 33.3 Å². The molecule has 2 aromatic carbocycles. The van der Waals surface area contributed by atoms with E-state index in [-0.39, 0.29) is 10.7 Å². The summed E-state index contributed by atoms with van der Waals surface area (Å²) in [7, 11) is 0. The van der Waals surface area contributed by atoms with Gasteiger partial charge in [0.05, 0.1) is 23.4 Å². The van der Waals surface area contributed by atoms with E-state index >= 15 is 0 Å². The number of thiocarbonyl (C=S) groups is 1. The number of hydrogen-bond donors (Lipinski definition) is 1. The number of halogens is 2. The Balaban J connectivity index is 2.03. The number of carbonyl (C=O) groups excluding carboxylic acids is 2. The molecule has 1 fully saturated rings. The van der Waals surface area contributed by atoms with Gasteiger partial charge in [-0.3, -0.25) is 19.8 Å². The van der Waals surface area contributed by atoms with E-state index in [1.165, 1.54) is 11.0 Å². The Morgan fingerprint density at radius 1 is 1.13 bits per heavy atom. The Morgan fingerprint density at radius 2 is 1.80 bits per heavy atom. The Labute approximate surface area is 192 Å². The van der Waals surface area contributed by atoms with Gasteiger partial charge in [-0.2, -0.15) is 0 Å². The highest BCUT2D eigenvalue weighted by atomic mass is 79.9. The van der Waals surface area contributed by atoms with Crippen LogP contribution in [-0.4, -0.2) is 30.1 Å². The fourth-order valence-corrected chi connectivity index (χ4v) is 3.85. The van der Waals surface area contributed by atoms with Gasteiger partial charge in [-0.25, -0.2) is 0 Å². The lowest BCUT2D eigenvalue weighted by Gasteiger charge is -2.29. The molecular weight excluding hydrogens is 492 g/mol. The predicted molar refractivity (Wildman–Crippen MR) is 124 cm³/mol. The number of benzene rings is 2. The number of carbonyl (C=O) groups is 2. The summed E-state index contributed by atoms with van der Waals surface area (Å²) in [5.41, 5.74) is 1.04. The number of nitrogens with one attached hydrogen (secondary N) is 1. The van der Waals surface area contributed by atoms with Gasteiger partial charge in [-0.15, -0.1) is 0 Å². The Kier molecular flexibility index (Phi) is 7.12. The lowest BCUT2D eigenvalue weighted by Crippen LogP contribution is -2.54. The third-order valence-electron chi connectivity index (χ3n) is 4.12. The van der Waals surface area contributed by atoms with Gasteiger partial charge in [-0.1, -0.05) is 11.6 Å². The highest BCUT2D eigenvalue weighted by Crippen LogP contribution is 2.37. The van der Waals surface area contributed by atoms with Crippen molar-refractivity contribution in [2.45, 2.75) is 13.8 Å². The number of ether oxygens (including phenoxy) is 2. The number of amides is 2. The molecule has 9 heteroatoms. The summed E-state index contributed by atoms with van der Waals surface area (Å²) >= 11 is 14.6. The smallest absolute Gasteiger partial charge is 0.270 e. The summed E-state index contributed by atoms with van der Waals surface area (Å²) in [5, 5.41) is 3.09. The molecule has 0 bridgehead atoms. The largest absolute Gasteiger partial charge is 0.490 e. The minimum absolute atomic E-state index is 0.00681. The molecule has 3 rings (SSSR count). The Morgan fingerprint density at radius 3 is 2.43 bits per heavy atom. The summed E-state index contributed by atoms with van der Waals surface area (Å²) < 4.78 is 11.9. The maximum atomic E-state index is 13.1. The molecule has 0 saturated carbocycles. The summed E-state index contributed by atoms with van der Waals surface area (Å²) in [6.45, 7) is 4.63. The van der Waals surface area contributed by atoms with Gasteiger partial charge in [0.2, 0.25) is 0 Å². The first-order chi connectivity index (χ1) is 14.3. The van der Waals surface area contributed by atoms with Crippen LogP contribution in [0.1, 0.15) is 19.4 Å². The minimum Gasteiger partial charge on any atom is -0.490 e. The Hall–Kier alpha value is -2.42. The molecule has 2 aromatic rings. The third-order valence-corrected chi connectivity index (χ3v) is 5.24. The Bertz CT molecular complexity index is 1040. The molecule has 0 aromatic heterocycles. The quantitative estimate of drug-likeness (QED) is 0.346. The van der Waals surface area contributed by atoms with Crippen molar-refractivity contribution in [3.05, 3.63) is 57.0 Å². The standard InChI is InChI=1S/C21H18BrClN2O4S/c1-3-28-17-11-12(10-16(22)18(17)29-4-2)9-15-19(26)24-21(30)25(20(15)27)14-7-5-13(23)6-8-14/h5-11H,3-4H2,1-2H3,(H,24,26,30)/b15-9-. The lowest BCUT2D eigenvalue weighted by atomic mass is 10.1. The van der Waals surface area contributed by atoms with Crippen LogP contribution in [0.4, 0.5) is 5.69 Å². The molecule has 30 heavy (non-hydrogen) atoms. The highest BCUT2D eigenvalue weighted by Gasteiger charge is 2.34. The summed E-state index contributed by atoms with van der Waals surface area (Å²) in [6, 6.07) is 10.1. The maximum absolute atomic E-state index is 13.1. The molecule has 0 radical (unpaired) electrons. The number of rotatable bonds is 6. The number of nitrogens with zero attached hydrogens (tertiary/aromatic N) is 1. The lowest BCUT2D eigenvalue weighted by molar-refractivity contribution is -0.122. The second-order valence-electron chi connectivity index (χ2n) is 6.13. The van der Waals surface area contributed by atoms with Crippen LogP contribution in [0, 0.1) is 0 Å². The highest BCUT2D eigenvalue weighted by molar-refractivity contribution is 9.10. The summed E-state index contributed by atoms with van der Waals surface area (Å²) in [5.74, 6) is -0.0357. The first-order valence-electron chi connectivity index (χ1n) is 9.11. The first kappa shape index (κ1) is 22.3. The SMILES string of the molecule is CCOc1cc(/C=C2/C(=O)NC(=S)N(c3ccc(Cl)cc3)C2=O)cc(Br)c1OCC. The van der Waals surface area contributed by atoms with Crippen LogP contribution in [0.3, 0.4) is 0 Å². The molecule has 0 unspecified atom stereocenters. The summed E-state index contributed by atoms with van der Waals surface area (Å²) in [6.07, 6.45) is 1.49. The average molecular weight is 510 g/mol. The molecule has 1 heterocycles. The normalized spacial score (nSPS) is 15.4. The molecule has 1 aliphatic rings. The van der Waals surface area contributed by atoms with Crippen molar-refractivity contribution in [2.75, 3.05) is 18.1 Å². The molecule has 1 N–H and O–H groups in total. The van der Waals surface area contributed by atoms with E-state index in [1.54, 1.807) is 36.4 Å². The van der Waals surface area contributed by atoms with Crippen LogP contribution >= 0.6 is 39.7 Å². The zero-order valence-corrected chi connectivity index (χ0v) is 19.4. The molecule has 1 saturated heterocycles. The van der Waals surface area contributed by atoms with Gasteiger partial charge in [0, 0.05) is 5.02 Å². The molecule has 0 atom stereocenters. The van der Waals surface area contributed by atoms with Crippen LogP contribution in [-0.2, 0) is 9.59 Å². The fourth-order valence-electron chi connectivity index (χ4n) is 2.87. The van der Waals surface area contributed by atoms with Crippen LogP contribution in [0.2, 0.25) is 5.02 Å². The van der Waals surface area contributed by atoms with Crippen LogP contribution in [0.5, 0.6) is 11.5 Å². The van der Waals surface area contributed by atoms with E-state index in [0.717, 1.165) is 0 Å². The van der Waals surface area contributed by atoms with Gasteiger partial charge in [0.25, 0.3) is 11.8 Å². The molecule has 1 aliphatic heterocycles. The van der Waals surface area contributed by atoms with Crippen molar-refractivity contribution in [2.24, 2.45) is 0 Å². The third kappa shape index (κ3) is 4.66. The van der Waals surface area contributed by atoms with E-state index < -0.39 is 11.8 Å². The van der Waals surface area contributed by atoms with Gasteiger partial charge in [0.15, 0.2) is 16.6 Å². The van der Waals surface area contributed by atoms with Crippen LogP contribution in [0.25, 0.3) is 6.08 Å². The van der Waals surface area contributed by atoms with Crippen molar-refractivity contribution in [3.63, 3.8) is 0 Å². The van der Waals surface area contributed by atoms with Crippen molar-refractivity contribution in [1.82, 2.24) is 5.32 Å². The first-order valence-corrected chi connectivity index (χ1v) is 10.7. The second kappa shape index (κ2) is 9.59. The monoisotopic (exact) mass is 508 g/mol. The van der Waals surface area contributed by atoms with Crippen molar-refractivity contribution in [1.29, 1.82) is 0 Å². The molecule has 2 amide bonds. The van der Waals surface area contributed by atoms with Crippen molar-refractivity contribution in [3.8, 4) is 11.5 Å². The van der Waals surface area contributed by atoms with E-state index in [1.807, 2.05) is 13.8 Å². The molecule has 0 aliphatic carbocycles. The van der Waals surface area contributed by atoms with E-state index in [2.05, 4.69) is 21.2 Å².